The number of carbonyl (C=O) groups excluding carboxylic acids is 1. The molecule has 0 fully saturated rings. The van der Waals surface area contributed by atoms with Gasteiger partial charge in [0.05, 0.1) is 23.0 Å². The number of alkyl halides is 3. The molecule has 0 aliphatic heterocycles. The highest BCUT2D eigenvalue weighted by Crippen LogP contribution is 2.35. The Kier molecular flexibility index (Phi) is 5.01. The molecule has 0 unspecified atom stereocenters. The topological polar surface area (TPSA) is 81.9 Å². The quantitative estimate of drug-likeness (QED) is 0.476. The predicted octanol–water partition coefficient (Wildman–Crippen LogP) is 4.70. The van der Waals surface area contributed by atoms with Crippen LogP contribution in [0.15, 0.2) is 55.1 Å². The number of amides is 1. The molecule has 3 heterocycles. The summed E-state index contributed by atoms with van der Waals surface area (Å²) in [7, 11) is 0. The summed E-state index contributed by atoms with van der Waals surface area (Å²) in [5, 5.41) is -0.172. The molecule has 0 aliphatic carbocycles. The number of pyridine rings is 1. The third kappa shape index (κ3) is 4.15. The second-order valence-electron chi connectivity index (χ2n) is 6.46. The number of fused-ring (bicyclic) bond motifs is 1. The number of ether oxygens (including phenoxy) is 1. The first kappa shape index (κ1) is 20.3. The lowest BCUT2D eigenvalue weighted by Crippen LogP contribution is -2.25. The van der Waals surface area contributed by atoms with Gasteiger partial charge in [-0.25, -0.2) is 24.6 Å². The predicted molar refractivity (Wildman–Crippen MR) is 102 cm³/mol. The molecule has 4 rings (SSSR count). The molecule has 1 N–H and O–H groups in total. The number of hydrogen-bond donors (Lipinski definition) is 1. The van der Waals surface area contributed by atoms with E-state index in [1.807, 2.05) is 0 Å². The van der Waals surface area contributed by atoms with E-state index in [9.17, 15) is 22.4 Å². The number of aromatic nitrogens is 4. The number of aryl methyl sites for hydroxylation is 1. The number of rotatable bonds is 3. The Labute approximate surface area is 172 Å². The van der Waals surface area contributed by atoms with Gasteiger partial charge in [0.1, 0.15) is 5.82 Å². The van der Waals surface area contributed by atoms with Gasteiger partial charge in [-0.2, -0.15) is 13.2 Å². The molecule has 0 saturated heterocycles. The zero-order valence-corrected chi connectivity index (χ0v) is 15.8. The Balaban J connectivity index is 1.56. The van der Waals surface area contributed by atoms with Crippen molar-refractivity contribution in [1.29, 1.82) is 0 Å². The zero-order chi connectivity index (χ0) is 22.2. The van der Waals surface area contributed by atoms with Gasteiger partial charge in [-0.3, -0.25) is 9.66 Å². The van der Waals surface area contributed by atoms with E-state index < -0.39 is 23.7 Å². The second-order valence-corrected chi connectivity index (χ2v) is 6.46. The van der Waals surface area contributed by atoms with Crippen LogP contribution in [0.4, 0.5) is 22.4 Å². The largest absolute Gasteiger partial charge is 0.432 e. The molecule has 11 heteroatoms. The lowest BCUT2D eigenvalue weighted by Gasteiger charge is -2.10. The second kappa shape index (κ2) is 7.67. The highest BCUT2D eigenvalue weighted by atomic mass is 19.4. The summed E-state index contributed by atoms with van der Waals surface area (Å²) in [5.41, 5.74) is 2.09. The maximum absolute atomic E-state index is 13.4. The fourth-order valence-electron chi connectivity index (χ4n) is 2.94. The molecule has 31 heavy (non-hydrogen) atoms. The van der Waals surface area contributed by atoms with E-state index in [2.05, 4.69) is 20.4 Å². The molecule has 1 aromatic carbocycles. The van der Waals surface area contributed by atoms with E-state index in [4.69, 9.17) is 4.74 Å². The molecule has 3 aromatic heterocycles. The van der Waals surface area contributed by atoms with Crippen LogP contribution >= 0.6 is 0 Å². The van der Waals surface area contributed by atoms with Crippen molar-refractivity contribution in [2.45, 2.75) is 13.1 Å². The Hall–Kier alpha value is -4.02. The molecular weight excluding hydrogens is 418 g/mol. The van der Waals surface area contributed by atoms with Gasteiger partial charge in [-0.1, -0.05) is 12.1 Å². The van der Waals surface area contributed by atoms with E-state index in [1.165, 1.54) is 36.7 Å². The normalized spacial score (nSPS) is 11.5. The van der Waals surface area contributed by atoms with E-state index in [0.717, 1.165) is 17.1 Å². The van der Waals surface area contributed by atoms with Crippen molar-refractivity contribution in [3.63, 3.8) is 0 Å². The van der Waals surface area contributed by atoms with Crippen LogP contribution in [0, 0.1) is 12.7 Å². The Morgan fingerprint density at radius 3 is 2.71 bits per heavy atom. The average molecular weight is 431 g/mol. The fraction of sp³-hybridized carbons (Fsp3) is 0.100. The lowest BCUT2D eigenvalue weighted by atomic mass is 10.2. The smallest absolute Gasteiger partial charge is 0.406 e. The standard InChI is InChI=1S/C20H13F4N5O2/c1-11-17(9-26-18(27-11)12-3-2-4-13(21)7-12)31-19(30)28-29-10-15(20(22,23)24)14-8-25-6-5-16(14)29/h2-10H,1H3,(H,28,30). The Morgan fingerprint density at radius 2 is 2.00 bits per heavy atom. The van der Waals surface area contributed by atoms with Crippen molar-refractivity contribution < 1.29 is 27.1 Å². The summed E-state index contributed by atoms with van der Waals surface area (Å²) in [6, 6.07) is 6.99. The number of benzene rings is 1. The maximum Gasteiger partial charge on any atom is 0.432 e. The minimum Gasteiger partial charge on any atom is -0.406 e. The molecule has 0 radical (unpaired) electrons. The van der Waals surface area contributed by atoms with Gasteiger partial charge in [-0.05, 0) is 25.1 Å². The number of hydrogen-bond acceptors (Lipinski definition) is 5. The zero-order valence-electron chi connectivity index (χ0n) is 15.8. The van der Waals surface area contributed by atoms with Crippen molar-refractivity contribution in [3.8, 4) is 17.1 Å². The van der Waals surface area contributed by atoms with Gasteiger partial charge < -0.3 is 4.74 Å². The highest BCUT2D eigenvalue weighted by Gasteiger charge is 2.35. The summed E-state index contributed by atoms with van der Waals surface area (Å²) in [6.07, 6.45) is -1.35. The first-order chi connectivity index (χ1) is 14.7. The number of nitrogens with zero attached hydrogens (tertiary/aromatic N) is 4. The summed E-state index contributed by atoms with van der Waals surface area (Å²) >= 11 is 0. The minimum absolute atomic E-state index is 0.00757. The van der Waals surface area contributed by atoms with Gasteiger partial charge in [0, 0.05) is 29.5 Å². The maximum atomic E-state index is 13.4. The number of carbonyl (C=O) groups is 1. The molecule has 4 aromatic rings. The van der Waals surface area contributed by atoms with Crippen molar-refractivity contribution >= 4 is 17.0 Å². The van der Waals surface area contributed by atoms with E-state index in [1.54, 1.807) is 13.0 Å². The van der Waals surface area contributed by atoms with Gasteiger partial charge in [-0.15, -0.1) is 0 Å². The SMILES string of the molecule is Cc1nc(-c2cccc(F)c2)ncc1OC(=O)Nn1cc(C(F)(F)F)c2cnccc21. The molecule has 0 aliphatic rings. The fourth-order valence-corrected chi connectivity index (χ4v) is 2.94. The van der Waals surface area contributed by atoms with Gasteiger partial charge in [0.15, 0.2) is 11.6 Å². The molecule has 0 bridgehead atoms. The van der Waals surface area contributed by atoms with Crippen LogP contribution in [0.2, 0.25) is 0 Å². The molecule has 0 saturated carbocycles. The van der Waals surface area contributed by atoms with Crippen LogP contribution in [-0.2, 0) is 6.18 Å². The van der Waals surface area contributed by atoms with Gasteiger partial charge >= 0.3 is 12.3 Å². The number of halogens is 4. The van der Waals surface area contributed by atoms with Crippen LogP contribution in [0.3, 0.4) is 0 Å². The molecule has 158 valence electrons. The summed E-state index contributed by atoms with van der Waals surface area (Å²) in [4.78, 5) is 24.2. The molecule has 0 atom stereocenters. The van der Waals surface area contributed by atoms with E-state index in [-0.39, 0.29) is 28.2 Å². The van der Waals surface area contributed by atoms with Crippen LogP contribution < -0.4 is 10.2 Å². The van der Waals surface area contributed by atoms with Crippen molar-refractivity contribution in [1.82, 2.24) is 19.6 Å². The molecule has 1 amide bonds. The third-order valence-corrected chi connectivity index (χ3v) is 4.34. The summed E-state index contributed by atoms with van der Waals surface area (Å²) in [6.45, 7) is 1.55. The van der Waals surface area contributed by atoms with Crippen molar-refractivity contribution in [3.05, 3.63) is 72.2 Å². The monoisotopic (exact) mass is 431 g/mol. The van der Waals surface area contributed by atoms with Crippen LogP contribution in [0.1, 0.15) is 11.3 Å². The van der Waals surface area contributed by atoms with Crippen LogP contribution in [0.25, 0.3) is 22.3 Å². The first-order valence-electron chi connectivity index (χ1n) is 8.83. The summed E-state index contributed by atoms with van der Waals surface area (Å²) in [5.74, 6) is -0.235. The third-order valence-electron chi connectivity index (χ3n) is 4.34. The molecular formula is C20H13F4N5O2. The Bertz CT molecular complexity index is 1290. The van der Waals surface area contributed by atoms with E-state index >= 15 is 0 Å². The van der Waals surface area contributed by atoms with Gasteiger partial charge in [0.25, 0.3) is 0 Å². The highest BCUT2D eigenvalue weighted by molar-refractivity contribution is 5.87. The van der Waals surface area contributed by atoms with Gasteiger partial charge in [0.2, 0.25) is 0 Å². The Morgan fingerprint density at radius 1 is 1.19 bits per heavy atom. The number of nitrogens with one attached hydrogen (secondary N) is 1. The lowest BCUT2D eigenvalue weighted by molar-refractivity contribution is -0.136. The van der Waals surface area contributed by atoms with E-state index in [0.29, 0.717) is 5.56 Å². The first-order valence-corrected chi connectivity index (χ1v) is 8.83. The molecule has 0 spiro atoms. The molecule has 7 nitrogen and oxygen atoms in total. The summed E-state index contributed by atoms with van der Waals surface area (Å²) < 4.78 is 59.2. The average Bonchev–Trinajstić information content (AvgIpc) is 3.08. The van der Waals surface area contributed by atoms with Crippen LogP contribution in [0.5, 0.6) is 5.75 Å². The van der Waals surface area contributed by atoms with Crippen LogP contribution in [-0.4, -0.2) is 25.7 Å². The van der Waals surface area contributed by atoms with Crippen molar-refractivity contribution in [2.24, 2.45) is 0 Å². The van der Waals surface area contributed by atoms with Crippen molar-refractivity contribution in [2.75, 3.05) is 5.43 Å². The minimum atomic E-state index is -4.63.